The number of carbonyl (C=O) groups excluding carboxylic acids is 1. The number of H-pyrrole nitrogens is 1. The van der Waals surface area contributed by atoms with Crippen molar-refractivity contribution < 1.29 is 28.1 Å². The van der Waals surface area contributed by atoms with Crippen LogP contribution in [-0.2, 0) is 13.0 Å². The Balaban J connectivity index is 1.36. The lowest BCUT2D eigenvalue weighted by molar-refractivity contribution is 0.0988. The molecule has 0 aliphatic carbocycles. The third-order valence-corrected chi connectivity index (χ3v) is 5.48. The van der Waals surface area contributed by atoms with Gasteiger partial charge < -0.3 is 18.9 Å². The van der Waals surface area contributed by atoms with Crippen molar-refractivity contribution in [2.75, 3.05) is 13.9 Å². The Morgan fingerprint density at radius 3 is 2.88 bits per heavy atom. The molecule has 1 N–H and O–H groups in total. The number of hydrogen-bond donors (Lipinski definition) is 1. The van der Waals surface area contributed by atoms with E-state index >= 15 is 4.39 Å². The van der Waals surface area contributed by atoms with Crippen LogP contribution in [0.15, 0.2) is 42.6 Å². The highest BCUT2D eigenvalue weighted by Crippen LogP contribution is 2.34. The molecule has 8 nitrogen and oxygen atoms in total. The zero-order valence-corrected chi connectivity index (χ0v) is 18.1. The summed E-state index contributed by atoms with van der Waals surface area (Å²) in [4.78, 5) is 17.2. The molecule has 0 saturated carbocycles. The van der Waals surface area contributed by atoms with Crippen LogP contribution in [0.2, 0.25) is 5.02 Å². The first-order valence-electron chi connectivity index (χ1n) is 9.93. The van der Waals surface area contributed by atoms with E-state index in [1.54, 1.807) is 24.3 Å². The monoisotopic (exact) mass is 469 g/mol. The van der Waals surface area contributed by atoms with Crippen molar-refractivity contribution >= 4 is 28.4 Å². The molecular formula is C23H17ClFN3O5. The van der Waals surface area contributed by atoms with Crippen LogP contribution in [-0.4, -0.2) is 34.9 Å². The van der Waals surface area contributed by atoms with Gasteiger partial charge in [-0.1, -0.05) is 17.7 Å². The topological polar surface area (TPSA) is 95.6 Å². The molecule has 3 heterocycles. The minimum Gasteiger partial charge on any atom is -0.486 e. The van der Waals surface area contributed by atoms with E-state index in [4.69, 9.17) is 30.5 Å². The van der Waals surface area contributed by atoms with E-state index in [9.17, 15) is 4.79 Å². The minimum absolute atomic E-state index is 0.00265. The average Bonchev–Trinajstić information content (AvgIpc) is 3.44. The van der Waals surface area contributed by atoms with Crippen molar-refractivity contribution in [2.45, 2.75) is 13.0 Å². The summed E-state index contributed by atoms with van der Waals surface area (Å²) in [5, 5.41) is 7.35. The molecule has 4 aromatic rings. The summed E-state index contributed by atoms with van der Waals surface area (Å²) in [5.41, 5.74) is 1.61. The lowest BCUT2D eigenvalue weighted by Gasteiger charge is -2.12. The van der Waals surface area contributed by atoms with Crippen LogP contribution in [0.4, 0.5) is 4.39 Å². The maximum absolute atomic E-state index is 15.2. The van der Waals surface area contributed by atoms with Gasteiger partial charge in [0.1, 0.15) is 6.61 Å². The van der Waals surface area contributed by atoms with Crippen molar-refractivity contribution in [1.82, 2.24) is 15.2 Å². The van der Waals surface area contributed by atoms with Gasteiger partial charge in [-0.15, -0.1) is 5.10 Å². The molecule has 168 valence electrons. The summed E-state index contributed by atoms with van der Waals surface area (Å²) in [6.45, 7) is 0.233. The number of nitrogens with one attached hydrogen (secondary N) is 1. The summed E-state index contributed by atoms with van der Waals surface area (Å²) in [7, 11) is 1.48. The fraction of sp³-hybridized carbons (Fsp3) is 0.174. The predicted octanol–water partition coefficient (Wildman–Crippen LogP) is 4.49. The first-order chi connectivity index (χ1) is 16.0. The standard InChI is InChI=1S/C23H17ClFN3O5/c1-30-23-14-6-13(9-26-22(14)27-28-23)7-16(29)20-15(24)3-5-18(21(20)25)31-10-12-2-4-17-19(8-12)33-11-32-17/h2-6,8-9H,7,10-11H2,1H3,(H,26,27,28). The van der Waals surface area contributed by atoms with Gasteiger partial charge in [-0.3, -0.25) is 9.89 Å². The van der Waals surface area contributed by atoms with Gasteiger partial charge in [-0.2, -0.15) is 0 Å². The maximum Gasteiger partial charge on any atom is 0.241 e. The van der Waals surface area contributed by atoms with Gasteiger partial charge in [-0.25, -0.2) is 9.37 Å². The zero-order valence-electron chi connectivity index (χ0n) is 17.4. The van der Waals surface area contributed by atoms with E-state index in [1.165, 1.54) is 25.4 Å². The molecule has 0 saturated heterocycles. The molecule has 0 spiro atoms. The average molecular weight is 470 g/mol. The minimum atomic E-state index is -0.817. The third kappa shape index (κ3) is 4.03. The number of carbonyl (C=O) groups is 1. The first kappa shape index (κ1) is 21.0. The number of aromatic nitrogens is 3. The van der Waals surface area contributed by atoms with E-state index in [1.807, 2.05) is 0 Å². The Hall–Kier alpha value is -3.85. The van der Waals surface area contributed by atoms with Crippen molar-refractivity contribution in [1.29, 1.82) is 0 Å². The van der Waals surface area contributed by atoms with Gasteiger partial charge in [0, 0.05) is 12.6 Å². The van der Waals surface area contributed by atoms with Gasteiger partial charge >= 0.3 is 0 Å². The molecule has 0 unspecified atom stereocenters. The van der Waals surface area contributed by atoms with Crippen LogP contribution in [0.3, 0.4) is 0 Å². The molecule has 2 aromatic heterocycles. The van der Waals surface area contributed by atoms with E-state index < -0.39 is 11.6 Å². The number of hydrogen-bond acceptors (Lipinski definition) is 7. The third-order valence-electron chi connectivity index (χ3n) is 5.16. The van der Waals surface area contributed by atoms with Crippen LogP contribution in [0.25, 0.3) is 11.0 Å². The van der Waals surface area contributed by atoms with E-state index in [0.29, 0.717) is 34.0 Å². The van der Waals surface area contributed by atoms with Gasteiger partial charge in [0.25, 0.3) is 0 Å². The molecule has 10 heteroatoms. The van der Waals surface area contributed by atoms with E-state index in [2.05, 4.69) is 15.2 Å². The molecule has 0 atom stereocenters. The van der Waals surface area contributed by atoms with Crippen molar-refractivity contribution in [3.05, 3.63) is 70.1 Å². The number of halogens is 2. The van der Waals surface area contributed by atoms with Crippen LogP contribution in [0.1, 0.15) is 21.5 Å². The summed E-state index contributed by atoms with van der Waals surface area (Å²) >= 11 is 6.17. The number of Topliss-reactive ketones (excluding diaryl/α,β-unsaturated/α-hetero) is 1. The SMILES string of the molecule is COc1n[nH]c2ncc(CC(=O)c3c(Cl)ccc(OCc4ccc5c(c4)OCO5)c3F)cc12. The van der Waals surface area contributed by atoms with Gasteiger partial charge in [0.15, 0.2) is 34.5 Å². The number of ether oxygens (including phenoxy) is 4. The fourth-order valence-electron chi connectivity index (χ4n) is 3.54. The van der Waals surface area contributed by atoms with E-state index in [-0.39, 0.29) is 36.2 Å². The number of ketones is 1. The number of benzene rings is 2. The number of rotatable bonds is 7. The molecule has 0 bridgehead atoms. The number of fused-ring (bicyclic) bond motifs is 2. The van der Waals surface area contributed by atoms with Crippen molar-refractivity contribution in [3.8, 4) is 23.1 Å². The zero-order chi connectivity index (χ0) is 22.9. The highest BCUT2D eigenvalue weighted by atomic mass is 35.5. The molecule has 5 rings (SSSR count). The Bertz CT molecular complexity index is 1370. The normalized spacial score (nSPS) is 12.2. The highest BCUT2D eigenvalue weighted by Gasteiger charge is 2.22. The molecule has 0 amide bonds. The molecule has 2 aromatic carbocycles. The molecule has 33 heavy (non-hydrogen) atoms. The van der Waals surface area contributed by atoms with Gasteiger partial charge in [-0.05, 0) is 41.5 Å². The summed E-state index contributed by atoms with van der Waals surface area (Å²) < 4.78 is 36.6. The number of nitrogens with zero attached hydrogens (tertiary/aromatic N) is 2. The molecule has 1 aliphatic heterocycles. The smallest absolute Gasteiger partial charge is 0.241 e. The largest absolute Gasteiger partial charge is 0.486 e. The first-order valence-corrected chi connectivity index (χ1v) is 10.3. The van der Waals surface area contributed by atoms with Gasteiger partial charge in [0.05, 0.1) is 23.1 Å². The lowest BCUT2D eigenvalue weighted by atomic mass is 10.0. The summed E-state index contributed by atoms with van der Waals surface area (Å²) in [6.07, 6.45) is 1.41. The second kappa shape index (κ2) is 8.59. The quantitative estimate of drug-likeness (QED) is 0.398. The molecule has 0 fully saturated rings. The highest BCUT2D eigenvalue weighted by molar-refractivity contribution is 6.34. The molecule has 0 radical (unpaired) electrons. The number of aromatic amines is 1. The van der Waals surface area contributed by atoms with Crippen LogP contribution in [0, 0.1) is 5.82 Å². The maximum atomic E-state index is 15.2. The number of methoxy groups -OCH3 is 1. The van der Waals surface area contributed by atoms with Crippen molar-refractivity contribution in [3.63, 3.8) is 0 Å². The summed E-state index contributed by atoms with van der Waals surface area (Å²) in [5.74, 6) is 0.201. The lowest BCUT2D eigenvalue weighted by Crippen LogP contribution is -2.09. The summed E-state index contributed by atoms with van der Waals surface area (Å²) in [6, 6.07) is 9.86. The van der Waals surface area contributed by atoms with Crippen molar-refractivity contribution in [2.24, 2.45) is 0 Å². The Morgan fingerprint density at radius 1 is 1.18 bits per heavy atom. The van der Waals surface area contributed by atoms with Crippen LogP contribution >= 0.6 is 11.6 Å². The Kier molecular flexibility index (Phi) is 5.47. The Morgan fingerprint density at radius 2 is 2.03 bits per heavy atom. The van der Waals surface area contributed by atoms with Crippen LogP contribution in [0.5, 0.6) is 23.1 Å². The van der Waals surface area contributed by atoms with Gasteiger partial charge in [0.2, 0.25) is 12.7 Å². The Labute approximate surface area is 192 Å². The van der Waals surface area contributed by atoms with Crippen LogP contribution < -0.4 is 18.9 Å². The molecular weight excluding hydrogens is 453 g/mol. The van der Waals surface area contributed by atoms with E-state index in [0.717, 1.165) is 5.56 Å². The fourth-order valence-corrected chi connectivity index (χ4v) is 3.79. The second-order valence-electron chi connectivity index (χ2n) is 7.28. The number of pyridine rings is 1. The predicted molar refractivity (Wildman–Crippen MR) is 117 cm³/mol. The molecule has 1 aliphatic rings. The second-order valence-corrected chi connectivity index (χ2v) is 7.69.